The summed E-state index contributed by atoms with van der Waals surface area (Å²) < 4.78 is 5.24. The Bertz CT molecular complexity index is 267. The van der Waals surface area contributed by atoms with Gasteiger partial charge in [-0.25, -0.2) is 0 Å². The second-order valence-corrected chi connectivity index (χ2v) is 3.96. The van der Waals surface area contributed by atoms with Crippen LogP contribution in [0.5, 0.6) is 0 Å². The molecule has 0 saturated carbocycles. The molecule has 0 aromatic heterocycles. The van der Waals surface area contributed by atoms with Gasteiger partial charge in [0, 0.05) is 0 Å². The summed E-state index contributed by atoms with van der Waals surface area (Å²) in [6, 6.07) is 8.13. The Balaban J connectivity index is 2.87. The van der Waals surface area contributed by atoms with Crippen molar-refractivity contribution >= 4 is 10.0 Å². The minimum atomic E-state index is -0.468. The van der Waals surface area contributed by atoms with Crippen molar-refractivity contribution in [2.45, 2.75) is 26.4 Å². The third-order valence-electron chi connectivity index (χ3n) is 2.05. The Morgan fingerprint density at radius 1 is 1.23 bits per heavy atom. The summed E-state index contributed by atoms with van der Waals surface area (Å²) in [6.07, 6.45) is 0. The van der Waals surface area contributed by atoms with E-state index in [1.54, 1.807) is 0 Å². The Labute approximate surface area is 81.6 Å². The molecule has 13 heavy (non-hydrogen) atoms. The Morgan fingerprint density at radius 3 is 2.23 bits per heavy atom. The van der Waals surface area contributed by atoms with E-state index in [1.807, 2.05) is 45.0 Å². The summed E-state index contributed by atoms with van der Waals surface area (Å²) in [4.78, 5) is 8.72. The van der Waals surface area contributed by atoms with Crippen molar-refractivity contribution < 1.29 is 9.22 Å². The van der Waals surface area contributed by atoms with Crippen LogP contribution in [0.25, 0.3) is 0 Å². The third-order valence-corrected chi connectivity index (χ3v) is 2.65. The lowest BCUT2D eigenvalue weighted by Crippen LogP contribution is -2.23. The van der Waals surface area contributed by atoms with Gasteiger partial charge in [0.25, 0.3) is 0 Å². The van der Waals surface area contributed by atoms with Gasteiger partial charge in [-0.15, -0.1) is 0 Å². The van der Waals surface area contributed by atoms with Gasteiger partial charge < -0.3 is 9.22 Å². The van der Waals surface area contributed by atoms with E-state index in [1.165, 1.54) is 5.56 Å². The molecular weight excluding hydrogens is 180 g/mol. The molecule has 1 N–H and O–H groups in total. The second kappa shape index (κ2) is 4.04. The van der Waals surface area contributed by atoms with E-state index >= 15 is 0 Å². The number of rotatable bonds is 3. The zero-order chi connectivity index (χ0) is 9.90. The van der Waals surface area contributed by atoms with E-state index in [4.69, 9.17) is 9.22 Å². The SMILES string of the molecule is Cc1ccc(C(C)(C)O[Si]O)cc1. The molecule has 2 nitrogen and oxygen atoms in total. The lowest BCUT2D eigenvalue weighted by atomic mass is 9.98. The van der Waals surface area contributed by atoms with Gasteiger partial charge in [-0.1, -0.05) is 29.8 Å². The van der Waals surface area contributed by atoms with E-state index in [-0.39, 0.29) is 0 Å². The van der Waals surface area contributed by atoms with Crippen LogP contribution in [0, 0.1) is 6.92 Å². The number of hydrogen-bond donors (Lipinski definition) is 1. The van der Waals surface area contributed by atoms with E-state index in [0.717, 1.165) is 5.56 Å². The van der Waals surface area contributed by atoms with E-state index in [2.05, 4.69) is 0 Å². The highest BCUT2D eigenvalue weighted by Gasteiger charge is 2.20. The normalized spacial score (nSPS) is 11.7. The van der Waals surface area contributed by atoms with Crippen molar-refractivity contribution in [1.29, 1.82) is 0 Å². The van der Waals surface area contributed by atoms with Crippen molar-refractivity contribution in [3.8, 4) is 0 Å². The molecule has 0 bridgehead atoms. The van der Waals surface area contributed by atoms with Crippen molar-refractivity contribution in [3.63, 3.8) is 0 Å². The highest BCUT2D eigenvalue weighted by atomic mass is 28.2. The molecule has 1 rings (SSSR count). The van der Waals surface area contributed by atoms with Crippen LogP contribution >= 0.6 is 0 Å². The van der Waals surface area contributed by atoms with Crippen molar-refractivity contribution in [3.05, 3.63) is 35.4 Å². The van der Waals surface area contributed by atoms with Gasteiger partial charge in [-0.2, -0.15) is 0 Å². The zero-order valence-corrected chi connectivity index (χ0v) is 9.16. The van der Waals surface area contributed by atoms with Gasteiger partial charge in [0.1, 0.15) is 0 Å². The third kappa shape index (κ3) is 2.65. The first kappa shape index (κ1) is 10.4. The molecule has 0 aliphatic carbocycles. The van der Waals surface area contributed by atoms with Crippen LogP contribution < -0.4 is 0 Å². The van der Waals surface area contributed by atoms with Crippen LogP contribution in [-0.4, -0.2) is 14.8 Å². The van der Waals surface area contributed by atoms with Crippen molar-refractivity contribution in [2.24, 2.45) is 0 Å². The van der Waals surface area contributed by atoms with Gasteiger partial charge in [-0.05, 0) is 26.3 Å². The molecule has 0 aliphatic heterocycles. The van der Waals surface area contributed by atoms with Gasteiger partial charge in [-0.3, -0.25) is 0 Å². The van der Waals surface area contributed by atoms with Gasteiger partial charge in [0.05, 0.1) is 5.60 Å². The average Bonchev–Trinajstić information content (AvgIpc) is 2.05. The highest BCUT2D eigenvalue weighted by molar-refractivity contribution is 6.16. The fourth-order valence-corrected chi connectivity index (χ4v) is 1.47. The molecular formula is C10H14O2Si. The number of aryl methyl sites for hydroxylation is 1. The maximum atomic E-state index is 8.72. The predicted octanol–water partition coefficient (Wildman–Crippen LogP) is 1.77. The monoisotopic (exact) mass is 194 g/mol. The van der Waals surface area contributed by atoms with E-state index in [9.17, 15) is 0 Å². The number of hydrogen-bond acceptors (Lipinski definition) is 2. The summed E-state index contributed by atoms with van der Waals surface area (Å²) in [5.74, 6) is 0. The topological polar surface area (TPSA) is 29.5 Å². The standard InChI is InChI=1S/C10H14O2Si/c1-8-4-6-9(7-5-8)10(2,3)12-13-11/h4-7,11H,1-3H3. The molecule has 0 fully saturated rings. The van der Waals surface area contributed by atoms with Crippen LogP contribution in [-0.2, 0) is 10.0 Å². The first-order chi connectivity index (χ1) is 6.06. The molecule has 1 aromatic rings. The minimum Gasteiger partial charge on any atom is -0.409 e. The lowest BCUT2D eigenvalue weighted by molar-refractivity contribution is 0.0942. The van der Waals surface area contributed by atoms with Crippen LogP contribution in [0.2, 0.25) is 0 Å². The first-order valence-corrected chi connectivity index (χ1v) is 5.06. The van der Waals surface area contributed by atoms with Crippen LogP contribution in [0.15, 0.2) is 24.3 Å². The maximum Gasteiger partial charge on any atom is 0.431 e. The lowest BCUT2D eigenvalue weighted by Gasteiger charge is -2.24. The first-order valence-electron chi connectivity index (χ1n) is 4.20. The zero-order valence-electron chi connectivity index (χ0n) is 8.16. The fraction of sp³-hybridized carbons (Fsp3) is 0.400. The Kier molecular flexibility index (Phi) is 3.25. The van der Waals surface area contributed by atoms with Crippen LogP contribution in [0.3, 0.4) is 0 Å². The van der Waals surface area contributed by atoms with Crippen molar-refractivity contribution in [2.75, 3.05) is 0 Å². The highest BCUT2D eigenvalue weighted by Crippen LogP contribution is 2.23. The maximum absolute atomic E-state index is 8.72. The average molecular weight is 194 g/mol. The Morgan fingerprint density at radius 2 is 1.77 bits per heavy atom. The molecule has 0 amide bonds. The van der Waals surface area contributed by atoms with E-state index in [0.29, 0.717) is 0 Å². The molecule has 0 saturated heterocycles. The molecule has 0 unspecified atom stereocenters. The van der Waals surface area contributed by atoms with E-state index < -0.39 is 15.6 Å². The molecule has 2 radical (unpaired) electrons. The molecule has 0 heterocycles. The molecule has 1 aromatic carbocycles. The summed E-state index contributed by atoms with van der Waals surface area (Å²) >= 11 is 0. The summed E-state index contributed by atoms with van der Waals surface area (Å²) in [5.41, 5.74) is 1.91. The molecule has 0 spiro atoms. The quantitative estimate of drug-likeness (QED) is 0.743. The number of benzene rings is 1. The molecule has 3 heteroatoms. The van der Waals surface area contributed by atoms with Gasteiger partial charge in [0.15, 0.2) is 0 Å². The predicted molar refractivity (Wildman–Crippen MR) is 53.3 cm³/mol. The largest absolute Gasteiger partial charge is 0.431 e. The van der Waals surface area contributed by atoms with Crippen molar-refractivity contribution in [1.82, 2.24) is 0 Å². The molecule has 70 valence electrons. The van der Waals surface area contributed by atoms with Gasteiger partial charge in [0.2, 0.25) is 0 Å². The Hall–Kier alpha value is -0.643. The fourth-order valence-electron chi connectivity index (χ4n) is 1.13. The summed E-state index contributed by atoms with van der Waals surface area (Å²) in [6.45, 7) is 5.94. The van der Waals surface area contributed by atoms with Crippen LogP contribution in [0.1, 0.15) is 25.0 Å². The van der Waals surface area contributed by atoms with Gasteiger partial charge >= 0.3 is 10.0 Å². The van der Waals surface area contributed by atoms with Crippen LogP contribution in [0.4, 0.5) is 0 Å². The smallest absolute Gasteiger partial charge is 0.409 e. The summed E-state index contributed by atoms with van der Waals surface area (Å²) in [5, 5.41) is 0. The minimum absolute atomic E-state index is 0.402. The second-order valence-electron chi connectivity index (χ2n) is 3.57. The summed E-state index contributed by atoms with van der Waals surface area (Å²) in [7, 11) is -0.468. The molecule has 0 atom stereocenters. The molecule has 0 aliphatic rings.